The summed E-state index contributed by atoms with van der Waals surface area (Å²) < 4.78 is 22.8. The third kappa shape index (κ3) is 3.77. The minimum atomic E-state index is -0.260. The zero-order chi connectivity index (χ0) is 22.4. The average molecular weight is 432 g/mol. The molecular weight excluding hydrogens is 405 g/mol. The highest BCUT2D eigenvalue weighted by atomic mass is 19.1. The molecule has 1 saturated heterocycles. The van der Waals surface area contributed by atoms with Gasteiger partial charge in [0, 0.05) is 48.2 Å². The summed E-state index contributed by atoms with van der Waals surface area (Å²) in [6.07, 6.45) is 5.45. The molecule has 4 heterocycles. The molecule has 32 heavy (non-hydrogen) atoms. The maximum absolute atomic E-state index is 15.0. The zero-order valence-electron chi connectivity index (χ0n) is 18.8. The van der Waals surface area contributed by atoms with Crippen molar-refractivity contribution in [3.63, 3.8) is 0 Å². The Hall–Kier alpha value is -3.19. The summed E-state index contributed by atoms with van der Waals surface area (Å²) in [6.45, 7) is 6.37. The lowest BCUT2D eigenvalue weighted by Crippen LogP contribution is -2.19. The van der Waals surface area contributed by atoms with Crippen molar-refractivity contribution in [1.82, 2.24) is 24.7 Å². The molecule has 1 aromatic carbocycles. The van der Waals surface area contributed by atoms with Gasteiger partial charge in [0.05, 0.1) is 23.7 Å². The van der Waals surface area contributed by atoms with Gasteiger partial charge < -0.3 is 4.74 Å². The van der Waals surface area contributed by atoms with Crippen LogP contribution in [0.25, 0.3) is 22.3 Å². The molecule has 6 nitrogen and oxygen atoms in total. The third-order valence-corrected chi connectivity index (χ3v) is 6.28. The second-order valence-electron chi connectivity index (χ2n) is 8.67. The summed E-state index contributed by atoms with van der Waals surface area (Å²) in [6, 6.07) is 7.30. The van der Waals surface area contributed by atoms with Crippen LogP contribution in [0, 0.1) is 26.6 Å². The zero-order valence-corrected chi connectivity index (χ0v) is 18.8. The second-order valence-corrected chi connectivity index (χ2v) is 8.67. The van der Waals surface area contributed by atoms with Crippen molar-refractivity contribution in [3.05, 3.63) is 70.7 Å². The molecule has 3 aromatic heterocycles. The molecule has 0 unspecified atom stereocenters. The van der Waals surface area contributed by atoms with Crippen LogP contribution < -0.4 is 0 Å². The smallest absolute Gasteiger partial charge is 0.179 e. The molecule has 0 spiro atoms. The van der Waals surface area contributed by atoms with Crippen molar-refractivity contribution >= 4 is 11.2 Å². The van der Waals surface area contributed by atoms with E-state index in [1.807, 2.05) is 58.4 Å². The standard InChI is InChI=1S/C25H26FN5O/c1-14-5-6-19(21(26)9-14)20-11-22(30-25-24(20)28-15(2)16(3)29-25)17-7-8-32-23(10-17)18-12-27-31(4)13-18/h5-6,9,11-13,17,23H,7-8,10H2,1-4H3/t17-,23+/m0/s1. The average Bonchev–Trinajstić information content (AvgIpc) is 3.21. The van der Waals surface area contributed by atoms with Gasteiger partial charge in [0.1, 0.15) is 11.3 Å². The predicted octanol–water partition coefficient (Wildman–Crippen LogP) is 5.12. The molecule has 1 fully saturated rings. The number of ether oxygens (including phenoxy) is 1. The van der Waals surface area contributed by atoms with E-state index in [9.17, 15) is 0 Å². The molecule has 5 rings (SSSR count). The normalized spacial score (nSPS) is 18.9. The van der Waals surface area contributed by atoms with Gasteiger partial charge in [-0.2, -0.15) is 5.10 Å². The number of rotatable bonds is 3. The van der Waals surface area contributed by atoms with Gasteiger partial charge in [-0.3, -0.25) is 4.68 Å². The summed E-state index contributed by atoms with van der Waals surface area (Å²) >= 11 is 0. The van der Waals surface area contributed by atoms with Crippen LogP contribution in [0.2, 0.25) is 0 Å². The largest absolute Gasteiger partial charge is 0.373 e. The monoisotopic (exact) mass is 431 g/mol. The summed E-state index contributed by atoms with van der Waals surface area (Å²) in [5, 5.41) is 4.28. The molecular formula is C25H26FN5O. The minimum Gasteiger partial charge on any atom is -0.373 e. The number of aromatic nitrogens is 5. The Balaban J connectivity index is 1.62. The fourth-order valence-electron chi connectivity index (χ4n) is 4.38. The Bertz CT molecular complexity index is 1320. The second kappa shape index (κ2) is 8.06. The number of nitrogens with zero attached hydrogens (tertiary/aromatic N) is 5. The molecule has 0 saturated carbocycles. The first-order valence-corrected chi connectivity index (χ1v) is 10.9. The molecule has 1 aliphatic heterocycles. The first-order chi connectivity index (χ1) is 15.4. The molecule has 0 bridgehead atoms. The number of pyridine rings is 1. The Morgan fingerprint density at radius 2 is 1.84 bits per heavy atom. The number of hydrogen-bond donors (Lipinski definition) is 0. The van der Waals surface area contributed by atoms with Crippen LogP contribution in [0.1, 0.15) is 53.1 Å². The van der Waals surface area contributed by atoms with Gasteiger partial charge in [-0.25, -0.2) is 19.3 Å². The van der Waals surface area contributed by atoms with Gasteiger partial charge in [-0.1, -0.05) is 12.1 Å². The lowest BCUT2D eigenvalue weighted by Gasteiger charge is -2.29. The third-order valence-electron chi connectivity index (χ3n) is 6.28. The summed E-state index contributed by atoms with van der Waals surface area (Å²) in [5.74, 6) is -0.0854. The van der Waals surface area contributed by atoms with E-state index in [1.54, 1.807) is 10.7 Å². The fraction of sp³-hybridized carbons (Fsp3) is 0.360. The van der Waals surface area contributed by atoms with Crippen LogP contribution in [-0.4, -0.2) is 31.3 Å². The van der Waals surface area contributed by atoms with Gasteiger partial charge in [0.25, 0.3) is 0 Å². The molecule has 4 aromatic rings. The van der Waals surface area contributed by atoms with Gasteiger partial charge >= 0.3 is 0 Å². The molecule has 0 radical (unpaired) electrons. The van der Waals surface area contributed by atoms with E-state index < -0.39 is 0 Å². The maximum atomic E-state index is 15.0. The van der Waals surface area contributed by atoms with E-state index in [2.05, 4.69) is 5.10 Å². The lowest BCUT2D eigenvalue weighted by atomic mass is 9.88. The Morgan fingerprint density at radius 1 is 1.03 bits per heavy atom. The number of hydrogen-bond acceptors (Lipinski definition) is 5. The Labute approximate surface area is 186 Å². The highest BCUT2D eigenvalue weighted by Crippen LogP contribution is 2.39. The number of fused-ring (bicyclic) bond motifs is 1. The topological polar surface area (TPSA) is 65.7 Å². The van der Waals surface area contributed by atoms with E-state index >= 15 is 4.39 Å². The summed E-state index contributed by atoms with van der Waals surface area (Å²) in [7, 11) is 1.90. The molecule has 0 amide bonds. The first kappa shape index (κ1) is 20.7. The maximum Gasteiger partial charge on any atom is 0.179 e. The van der Waals surface area contributed by atoms with E-state index in [4.69, 9.17) is 19.7 Å². The van der Waals surface area contributed by atoms with E-state index in [1.165, 1.54) is 0 Å². The highest BCUT2D eigenvalue weighted by molar-refractivity contribution is 5.90. The minimum absolute atomic E-state index is 0.0367. The van der Waals surface area contributed by atoms with Crippen molar-refractivity contribution < 1.29 is 9.13 Å². The van der Waals surface area contributed by atoms with Crippen LogP contribution in [0.4, 0.5) is 4.39 Å². The number of aryl methyl sites for hydroxylation is 4. The molecule has 7 heteroatoms. The van der Waals surface area contributed by atoms with Gasteiger partial charge in [-0.15, -0.1) is 0 Å². The Morgan fingerprint density at radius 3 is 2.59 bits per heavy atom. The summed E-state index contributed by atoms with van der Waals surface area (Å²) in [4.78, 5) is 14.3. The van der Waals surface area contributed by atoms with E-state index in [-0.39, 0.29) is 17.8 Å². The first-order valence-electron chi connectivity index (χ1n) is 10.9. The van der Waals surface area contributed by atoms with Crippen molar-refractivity contribution in [2.45, 2.75) is 45.6 Å². The molecule has 0 aliphatic carbocycles. The van der Waals surface area contributed by atoms with Crippen molar-refractivity contribution in [2.75, 3.05) is 6.61 Å². The van der Waals surface area contributed by atoms with Crippen LogP contribution in [-0.2, 0) is 11.8 Å². The van der Waals surface area contributed by atoms with E-state index in [0.717, 1.165) is 46.6 Å². The van der Waals surface area contributed by atoms with Gasteiger partial charge in [0.15, 0.2) is 5.65 Å². The van der Waals surface area contributed by atoms with Gasteiger partial charge in [-0.05, 0) is 51.3 Å². The van der Waals surface area contributed by atoms with E-state index in [0.29, 0.717) is 23.3 Å². The molecule has 2 atom stereocenters. The van der Waals surface area contributed by atoms with Crippen LogP contribution >= 0.6 is 0 Å². The Kier molecular flexibility index (Phi) is 5.21. The van der Waals surface area contributed by atoms with Crippen molar-refractivity contribution in [2.24, 2.45) is 7.05 Å². The van der Waals surface area contributed by atoms with Crippen LogP contribution in [0.15, 0.2) is 36.7 Å². The molecule has 164 valence electrons. The molecule has 0 N–H and O–H groups in total. The quantitative estimate of drug-likeness (QED) is 0.450. The van der Waals surface area contributed by atoms with Crippen molar-refractivity contribution in [3.8, 4) is 11.1 Å². The predicted molar refractivity (Wildman–Crippen MR) is 121 cm³/mol. The lowest BCUT2D eigenvalue weighted by molar-refractivity contribution is 0.00465. The SMILES string of the molecule is Cc1ccc(-c2cc([C@H]3CCO[C@@H](c4cnn(C)c4)C3)nc3nc(C)c(C)nc23)c(F)c1. The fourth-order valence-corrected chi connectivity index (χ4v) is 4.38. The van der Waals surface area contributed by atoms with Crippen LogP contribution in [0.3, 0.4) is 0 Å². The van der Waals surface area contributed by atoms with Crippen molar-refractivity contribution in [1.29, 1.82) is 0 Å². The van der Waals surface area contributed by atoms with Crippen LogP contribution in [0.5, 0.6) is 0 Å². The number of halogens is 1. The highest BCUT2D eigenvalue weighted by Gasteiger charge is 2.28. The van der Waals surface area contributed by atoms with Gasteiger partial charge in [0.2, 0.25) is 0 Å². The number of benzene rings is 1. The summed E-state index contributed by atoms with van der Waals surface area (Å²) in [5.41, 5.74) is 6.96. The molecule has 1 aliphatic rings.